The summed E-state index contributed by atoms with van der Waals surface area (Å²) < 4.78 is 27.0. The van der Waals surface area contributed by atoms with E-state index < -0.39 is 16.1 Å². The van der Waals surface area contributed by atoms with Gasteiger partial charge in [0.1, 0.15) is 0 Å². The monoisotopic (exact) mass is 419 g/mol. The molecule has 1 fully saturated rings. The zero-order chi connectivity index (χ0) is 20.3. The number of aryl methyl sites for hydroxylation is 2. The Morgan fingerprint density at radius 2 is 1.55 bits per heavy atom. The number of nitrogens with one attached hydrogen (secondary N) is 2. The predicted molar refractivity (Wildman–Crippen MR) is 116 cm³/mol. The number of benzene rings is 1. The molecule has 0 unspecified atom stereocenters. The van der Waals surface area contributed by atoms with Gasteiger partial charge in [-0.15, -0.1) is 0 Å². The molecule has 2 aliphatic carbocycles. The van der Waals surface area contributed by atoms with Gasteiger partial charge in [-0.25, -0.2) is 17.9 Å². The van der Waals surface area contributed by atoms with Crippen LogP contribution in [0.1, 0.15) is 67.2 Å². The molecule has 1 aliphatic heterocycles. The largest absolute Gasteiger partial charge is 0.332 e. The van der Waals surface area contributed by atoms with Crippen LogP contribution >= 0.6 is 0 Å². The van der Waals surface area contributed by atoms with Gasteiger partial charge < -0.3 is 10.2 Å². The summed E-state index contributed by atoms with van der Waals surface area (Å²) in [5.74, 6) is -0.000730. The van der Waals surface area contributed by atoms with E-state index in [1.54, 1.807) is 0 Å². The highest BCUT2D eigenvalue weighted by Crippen LogP contribution is 2.38. The molecule has 2 N–H and O–H groups in total. The van der Waals surface area contributed by atoms with Crippen LogP contribution in [0, 0.1) is 0 Å². The van der Waals surface area contributed by atoms with Gasteiger partial charge in [-0.3, -0.25) is 0 Å². The molecule has 0 aromatic heterocycles. The van der Waals surface area contributed by atoms with E-state index >= 15 is 0 Å². The highest BCUT2D eigenvalue weighted by Gasteiger charge is 2.26. The van der Waals surface area contributed by atoms with E-state index in [9.17, 15) is 13.2 Å². The number of fused-ring (bicyclic) bond motifs is 2. The van der Waals surface area contributed by atoms with Crippen LogP contribution in [0.4, 0.5) is 10.5 Å². The molecule has 29 heavy (non-hydrogen) atoms. The average Bonchev–Trinajstić information content (AvgIpc) is 3.34. The molecule has 0 bridgehead atoms. The summed E-state index contributed by atoms with van der Waals surface area (Å²) in [4.78, 5) is 14.9. The Morgan fingerprint density at radius 3 is 2.21 bits per heavy atom. The van der Waals surface area contributed by atoms with Gasteiger partial charge in [-0.1, -0.05) is 12.5 Å². The fraction of sp³-hybridized carbons (Fsp3) is 0.682. The summed E-state index contributed by atoms with van der Waals surface area (Å²) in [5.41, 5.74) is 5.94. The molecule has 2 amide bonds. The van der Waals surface area contributed by atoms with Crippen molar-refractivity contribution in [2.45, 2.75) is 70.6 Å². The fourth-order valence-electron chi connectivity index (χ4n) is 5.11. The number of carbonyl (C=O) groups excluding carboxylic acids is 1. The zero-order valence-electron chi connectivity index (χ0n) is 17.3. The van der Waals surface area contributed by atoms with Gasteiger partial charge in [-0.2, -0.15) is 0 Å². The Bertz CT molecular complexity index is 828. The van der Waals surface area contributed by atoms with E-state index in [1.165, 1.54) is 41.5 Å². The maximum Gasteiger partial charge on any atom is 0.332 e. The summed E-state index contributed by atoms with van der Waals surface area (Å²) in [6.07, 6.45) is 11.4. The fourth-order valence-corrected chi connectivity index (χ4v) is 6.13. The number of hydrogen-bond donors (Lipinski definition) is 2. The van der Waals surface area contributed by atoms with Gasteiger partial charge in [0, 0.05) is 5.69 Å². The molecule has 1 saturated heterocycles. The molecule has 1 heterocycles. The Labute approximate surface area is 174 Å². The number of piperidine rings is 1. The summed E-state index contributed by atoms with van der Waals surface area (Å²) in [5, 5.41) is 2.90. The molecule has 1 aromatic carbocycles. The molecular weight excluding hydrogens is 386 g/mol. The zero-order valence-corrected chi connectivity index (χ0v) is 18.1. The van der Waals surface area contributed by atoms with E-state index in [0.29, 0.717) is 6.42 Å². The molecule has 6 nitrogen and oxygen atoms in total. The standard InChI is InChI=1S/C22H33N3O3S/c26-22(24-29(27,28)15-5-4-14-25-12-2-1-3-13-25)23-21-19-10-6-8-17(19)16-18-9-7-11-20(18)21/h16H,1-15H2,(H2,23,24,26). The lowest BCUT2D eigenvalue weighted by atomic mass is 9.99. The summed E-state index contributed by atoms with van der Waals surface area (Å²) in [7, 11) is -3.61. The number of carbonyl (C=O) groups is 1. The number of urea groups is 1. The van der Waals surface area contributed by atoms with Gasteiger partial charge in [0.25, 0.3) is 0 Å². The smallest absolute Gasteiger partial charge is 0.307 e. The Balaban J connectivity index is 1.30. The molecule has 0 radical (unpaired) electrons. The molecule has 0 spiro atoms. The molecule has 1 aromatic rings. The van der Waals surface area contributed by atoms with E-state index in [1.807, 2.05) is 0 Å². The quantitative estimate of drug-likeness (QED) is 0.664. The van der Waals surface area contributed by atoms with E-state index in [0.717, 1.165) is 70.3 Å². The minimum absolute atomic E-state index is 0.000730. The number of amides is 2. The van der Waals surface area contributed by atoms with E-state index in [-0.39, 0.29) is 5.75 Å². The number of unbranched alkanes of at least 4 members (excludes halogenated alkanes) is 1. The maximum atomic E-state index is 12.5. The van der Waals surface area contributed by atoms with Crippen molar-refractivity contribution in [2.24, 2.45) is 0 Å². The number of anilines is 1. The molecule has 7 heteroatoms. The maximum absolute atomic E-state index is 12.5. The van der Waals surface area contributed by atoms with Crippen molar-refractivity contribution in [3.05, 3.63) is 28.3 Å². The lowest BCUT2D eigenvalue weighted by molar-refractivity contribution is 0.226. The van der Waals surface area contributed by atoms with Crippen molar-refractivity contribution in [2.75, 3.05) is 30.7 Å². The number of nitrogens with zero attached hydrogens (tertiary/aromatic N) is 1. The van der Waals surface area contributed by atoms with Gasteiger partial charge in [0.2, 0.25) is 10.0 Å². The summed E-state index contributed by atoms with van der Waals surface area (Å²) in [6.45, 7) is 3.20. The second-order valence-electron chi connectivity index (χ2n) is 8.72. The van der Waals surface area contributed by atoms with E-state index in [2.05, 4.69) is 21.0 Å². The van der Waals surface area contributed by atoms with Crippen molar-refractivity contribution in [1.82, 2.24) is 9.62 Å². The first-order chi connectivity index (χ1) is 14.0. The molecule has 0 atom stereocenters. The Kier molecular flexibility index (Phi) is 6.44. The lowest BCUT2D eigenvalue weighted by Gasteiger charge is -2.26. The SMILES string of the molecule is O=C(Nc1c2c(cc3c1CCC3)CCC2)NS(=O)(=O)CCCCN1CCCCC1. The number of hydrogen-bond acceptors (Lipinski definition) is 4. The van der Waals surface area contributed by atoms with Gasteiger partial charge in [0.05, 0.1) is 5.75 Å². The summed E-state index contributed by atoms with van der Waals surface area (Å²) >= 11 is 0. The first-order valence-electron chi connectivity index (χ1n) is 11.2. The predicted octanol–water partition coefficient (Wildman–Crippen LogP) is 3.38. The summed E-state index contributed by atoms with van der Waals surface area (Å²) in [6, 6.07) is 1.68. The topological polar surface area (TPSA) is 78.5 Å². The molecule has 4 rings (SSSR count). The average molecular weight is 420 g/mol. The van der Waals surface area contributed by atoms with Gasteiger partial charge >= 0.3 is 6.03 Å². The third kappa shape index (κ3) is 5.12. The van der Waals surface area contributed by atoms with Gasteiger partial charge in [0.15, 0.2) is 0 Å². The molecular formula is C22H33N3O3S. The number of rotatable bonds is 7. The van der Waals surface area contributed by atoms with Crippen LogP contribution < -0.4 is 10.0 Å². The van der Waals surface area contributed by atoms with Crippen LogP contribution in [0.25, 0.3) is 0 Å². The molecule has 160 valence electrons. The van der Waals surface area contributed by atoms with Gasteiger partial charge in [-0.05, 0) is 106 Å². The highest BCUT2D eigenvalue weighted by atomic mass is 32.2. The van der Waals surface area contributed by atoms with Crippen LogP contribution in [-0.2, 0) is 35.7 Å². The number of likely N-dealkylation sites (tertiary alicyclic amines) is 1. The van der Waals surface area contributed by atoms with Crippen LogP contribution in [0.2, 0.25) is 0 Å². The first-order valence-corrected chi connectivity index (χ1v) is 12.9. The third-order valence-corrected chi connectivity index (χ3v) is 7.87. The third-order valence-electron chi connectivity index (χ3n) is 6.55. The normalized spacial score (nSPS) is 19.0. The minimum atomic E-state index is -3.61. The van der Waals surface area contributed by atoms with Crippen molar-refractivity contribution in [3.8, 4) is 0 Å². The molecule has 0 saturated carbocycles. The minimum Gasteiger partial charge on any atom is -0.307 e. The lowest BCUT2D eigenvalue weighted by Crippen LogP contribution is -2.36. The van der Waals surface area contributed by atoms with Crippen molar-refractivity contribution >= 4 is 21.7 Å². The Morgan fingerprint density at radius 1 is 0.897 bits per heavy atom. The van der Waals surface area contributed by atoms with E-state index in [4.69, 9.17) is 0 Å². The van der Waals surface area contributed by atoms with Crippen LogP contribution in [0.3, 0.4) is 0 Å². The molecule has 3 aliphatic rings. The Hall–Kier alpha value is -1.60. The second kappa shape index (κ2) is 9.04. The van der Waals surface area contributed by atoms with Crippen LogP contribution in [0.15, 0.2) is 6.07 Å². The second-order valence-corrected chi connectivity index (χ2v) is 10.6. The van der Waals surface area contributed by atoms with Crippen LogP contribution in [0.5, 0.6) is 0 Å². The number of sulfonamides is 1. The highest BCUT2D eigenvalue weighted by molar-refractivity contribution is 7.90. The van der Waals surface area contributed by atoms with Crippen molar-refractivity contribution in [3.63, 3.8) is 0 Å². The van der Waals surface area contributed by atoms with Crippen molar-refractivity contribution < 1.29 is 13.2 Å². The van der Waals surface area contributed by atoms with Crippen molar-refractivity contribution in [1.29, 1.82) is 0 Å². The van der Waals surface area contributed by atoms with Crippen LogP contribution in [-0.4, -0.2) is 44.7 Å². The first kappa shape index (κ1) is 20.7.